The number of ether oxygens (including phenoxy) is 2. The largest absolute Gasteiger partial charge is 0.550 e. The maximum Gasteiger partial charge on any atom is 0.223 e. The third kappa shape index (κ3) is 2.68. The van der Waals surface area contributed by atoms with Gasteiger partial charge in [0.2, 0.25) is 5.91 Å². The molecule has 6 nitrogen and oxygen atoms in total. The first kappa shape index (κ1) is 14.2. The van der Waals surface area contributed by atoms with Gasteiger partial charge in [-0.2, -0.15) is 0 Å². The summed E-state index contributed by atoms with van der Waals surface area (Å²) >= 11 is 0. The average molecular weight is 278 g/mol. The van der Waals surface area contributed by atoms with Gasteiger partial charge in [-0.25, -0.2) is 0 Å². The summed E-state index contributed by atoms with van der Waals surface area (Å²) in [6.45, 7) is 0.463. The van der Waals surface area contributed by atoms with Gasteiger partial charge in [0.1, 0.15) is 0 Å². The number of carbonyl (C=O) groups is 2. The molecular formula is C14H16NO5-. The number of aliphatic carboxylic acids is 1. The Bertz CT molecular complexity index is 528. The molecule has 0 spiro atoms. The van der Waals surface area contributed by atoms with Crippen molar-refractivity contribution < 1.29 is 24.2 Å². The van der Waals surface area contributed by atoms with Crippen LogP contribution in [0.15, 0.2) is 18.2 Å². The minimum Gasteiger partial charge on any atom is -0.550 e. The topological polar surface area (TPSA) is 78.9 Å². The fourth-order valence-electron chi connectivity index (χ4n) is 2.37. The molecule has 0 unspecified atom stereocenters. The van der Waals surface area contributed by atoms with Crippen molar-refractivity contribution in [3.63, 3.8) is 0 Å². The lowest BCUT2D eigenvalue weighted by molar-refractivity contribution is -0.311. The van der Waals surface area contributed by atoms with E-state index in [9.17, 15) is 14.7 Å². The lowest BCUT2D eigenvalue weighted by Gasteiger charge is -2.19. The SMILES string of the molecule is COc1cccc(CN2C[C@H](C(=O)[O-])CC2=O)c1OC. The Balaban J connectivity index is 2.18. The first-order valence-corrected chi connectivity index (χ1v) is 6.25. The van der Waals surface area contributed by atoms with Crippen molar-refractivity contribution in [3.8, 4) is 11.5 Å². The zero-order valence-electron chi connectivity index (χ0n) is 11.4. The molecule has 1 fully saturated rings. The van der Waals surface area contributed by atoms with Crippen molar-refractivity contribution in [1.82, 2.24) is 4.90 Å². The number of para-hydroxylation sites is 1. The van der Waals surface area contributed by atoms with Crippen LogP contribution in [0.2, 0.25) is 0 Å². The highest BCUT2D eigenvalue weighted by molar-refractivity contribution is 5.85. The van der Waals surface area contributed by atoms with Crippen LogP contribution >= 0.6 is 0 Å². The molecule has 0 aliphatic carbocycles. The lowest BCUT2D eigenvalue weighted by atomic mass is 10.1. The summed E-state index contributed by atoms with van der Waals surface area (Å²) in [7, 11) is 3.06. The van der Waals surface area contributed by atoms with Crippen LogP contribution in [-0.4, -0.2) is 37.5 Å². The van der Waals surface area contributed by atoms with E-state index in [1.807, 2.05) is 6.07 Å². The quantitative estimate of drug-likeness (QED) is 0.745. The first-order chi connectivity index (χ1) is 9.56. The maximum atomic E-state index is 11.8. The molecule has 1 atom stereocenters. The minimum atomic E-state index is -1.18. The first-order valence-electron chi connectivity index (χ1n) is 6.25. The van der Waals surface area contributed by atoms with Gasteiger partial charge in [-0.15, -0.1) is 0 Å². The Labute approximate surface area is 116 Å². The second kappa shape index (κ2) is 5.81. The van der Waals surface area contributed by atoms with Gasteiger partial charge in [0, 0.05) is 37.0 Å². The summed E-state index contributed by atoms with van der Waals surface area (Å²) in [5.41, 5.74) is 0.777. The van der Waals surface area contributed by atoms with Crippen molar-refractivity contribution in [1.29, 1.82) is 0 Å². The summed E-state index contributed by atoms with van der Waals surface area (Å²) < 4.78 is 10.5. The van der Waals surface area contributed by atoms with Crippen LogP contribution in [0.1, 0.15) is 12.0 Å². The van der Waals surface area contributed by atoms with Gasteiger partial charge in [0.05, 0.1) is 14.2 Å². The second-order valence-corrected chi connectivity index (χ2v) is 4.65. The molecule has 1 aromatic carbocycles. The van der Waals surface area contributed by atoms with E-state index in [4.69, 9.17) is 9.47 Å². The predicted molar refractivity (Wildman–Crippen MR) is 68.1 cm³/mol. The fraction of sp³-hybridized carbons (Fsp3) is 0.429. The smallest absolute Gasteiger partial charge is 0.223 e. The van der Waals surface area contributed by atoms with E-state index in [2.05, 4.69) is 0 Å². The van der Waals surface area contributed by atoms with Crippen LogP contribution in [-0.2, 0) is 16.1 Å². The Morgan fingerprint density at radius 3 is 2.70 bits per heavy atom. The fourth-order valence-corrected chi connectivity index (χ4v) is 2.37. The van der Waals surface area contributed by atoms with Crippen molar-refractivity contribution in [2.24, 2.45) is 5.92 Å². The molecule has 0 aromatic heterocycles. The van der Waals surface area contributed by atoms with Gasteiger partial charge in [-0.3, -0.25) is 4.79 Å². The van der Waals surface area contributed by atoms with E-state index in [-0.39, 0.29) is 18.9 Å². The molecule has 0 N–H and O–H groups in total. The Morgan fingerprint density at radius 2 is 2.15 bits per heavy atom. The molecule has 1 aliphatic heterocycles. The number of rotatable bonds is 5. The predicted octanol–water partition coefficient (Wildman–Crippen LogP) is -0.198. The molecule has 6 heteroatoms. The molecule has 1 aliphatic rings. The molecular weight excluding hydrogens is 262 g/mol. The van der Waals surface area contributed by atoms with Crippen molar-refractivity contribution in [2.45, 2.75) is 13.0 Å². The lowest BCUT2D eigenvalue weighted by Crippen LogP contribution is -2.33. The number of carbonyl (C=O) groups excluding carboxylic acids is 2. The Morgan fingerprint density at radius 1 is 1.40 bits per heavy atom. The number of methoxy groups -OCH3 is 2. The third-order valence-electron chi connectivity index (χ3n) is 3.39. The molecule has 1 heterocycles. The molecule has 20 heavy (non-hydrogen) atoms. The normalized spacial score (nSPS) is 18.2. The molecule has 0 bridgehead atoms. The molecule has 0 radical (unpaired) electrons. The van der Waals surface area contributed by atoms with Gasteiger partial charge < -0.3 is 24.3 Å². The van der Waals surface area contributed by atoms with Crippen LogP contribution in [0.4, 0.5) is 0 Å². The monoisotopic (exact) mass is 278 g/mol. The minimum absolute atomic E-state index is 0.00534. The average Bonchev–Trinajstić information content (AvgIpc) is 2.80. The van der Waals surface area contributed by atoms with Gasteiger partial charge in [0.25, 0.3) is 0 Å². The molecule has 2 rings (SSSR count). The van der Waals surface area contributed by atoms with E-state index in [1.54, 1.807) is 12.1 Å². The summed E-state index contributed by atoms with van der Waals surface area (Å²) in [6, 6.07) is 5.38. The molecule has 108 valence electrons. The van der Waals surface area contributed by atoms with Crippen LogP contribution < -0.4 is 14.6 Å². The van der Waals surface area contributed by atoms with Crippen molar-refractivity contribution >= 4 is 11.9 Å². The number of benzene rings is 1. The zero-order chi connectivity index (χ0) is 14.7. The summed E-state index contributed by atoms with van der Waals surface area (Å²) in [4.78, 5) is 24.1. The number of hydrogen-bond acceptors (Lipinski definition) is 5. The maximum absolute atomic E-state index is 11.8. The highest BCUT2D eigenvalue weighted by Crippen LogP contribution is 2.32. The Hall–Kier alpha value is -2.24. The van der Waals surface area contributed by atoms with Crippen molar-refractivity contribution in [2.75, 3.05) is 20.8 Å². The van der Waals surface area contributed by atoms with Gasteiger partial charge >= 0.3 is 0 Å². The van der Waals surface area contributed by atoms with E-state index < -0.39 is 11.9 Å². The van der Waals surface area contributed by atoms with Gasteiger partial charge in [-0.05, 0) is 6.07 Å². The van der Waals surface area contributed by atoms with E-state index in [1.165, 1.54) is 19.1 Å². The van der Waals surface area contributed by atoms with E-state index >= 15 is 0 Å². The number of amides is 1. The standard InChI is InChI=1S/C14H17NO5/c1-19-11-5-3-4-9(13(11)20-2)7-15-8-10(14(17)18)6-12(15)16/h3-5,10H,6-8H2,1-2H3,(H,17,18)/p-1/t10-/m1/s1. The van der Waals surface area contributed by atoms with E-state index in [0.29, 0.717) is 18.0 Å². The number of carboxylic acid groups (broad SMARTS) is 1. The van der Waals surface area contributed by atoms with Crippen LogP contribution in [0.5, 0.6) is 11.5 Å². The van der Waals surface area contributed by atoms with Gasteiger partial charge in [0.15, 0.2) is 11.5 Å². The summed E-state index contributed by atoms with van der Waals surface area (Å²) in [6.07, 6.45) is -0.00534. The summed E-state index contributed by atoms with van der Waals surface area (Å²) in [5.74, 6) is -0.977. The number of nitrogens with zero attached hydrogens (tertiary/aromatic N) is 1. The second-order valence-electron chi connectivity index (χ2n) is 4.65. The molecule has 1 aromatic rings. The van der Waals surface area contributed by atoms with Gasteiger partial charge in [-0.1, -0.05) is 12.1 Å². The number of hydrogen-bond donors (Lipinski definition) is 0. The molecule has 1 saturated heterocycles. The number of likely N-dealkylation sites (tertiary alicyclic amines) is 1. The Kier molecular flexibility index (Phi) is 4.12. The summed E-state index contributed by atoms with van der Waals surface area (Å²) in [5, 5.41) is 10.8. The third-order valence-corrected chi connectivity index (χ3v) is 3.39. The molecule has 1 amide bonds. The van der Waals surface area contributed by atoms with Crippen LogP contribution in [0, 0.1) is 5.92 Å². The van der Waals surface area contributed by atoms with Crippen molar-refractivity contribution in [3.05, 3.63) is 23.8 Å². The molecule has 0 saturated carbocycles. The van der Waals surface area contributed by atoms with Crippen LogP contribution in [0.3, 0.4) is 0 Å². The zero-order valence-corrected chi connectivity index (χ0v) is 11.4. The highest BCUT2D eigenvalue weighted by atomic mass is 16.5. The number of carboxylic acids is 1. The van der Waals surface area contributed by atoms with Crippen LogP contribution in [0.25, 0.3) is 0 Å². The van der Waals surface area contributed by atoms with E-state index in [0.717, 1.165) is 5.56 Å². The highest BCUT2D eigenvalue weighted by Gasteiger charge is 2.31.